The maximum atomic E-state index is 9.33. The van der Waals surface area contributed by atoms with E-state index in [1.54, 1.807) is 7.11 Å². The van der Waals surface area contributed by atoms with Gasteiger partial charge in [0, 0.05) is 12.6 Å². The van der Waals surface area contributed by atoms with E-state index in [1.807, 2.05) is 24.3 Å². The lowest BCUT2D eigenvalue weighted by Crippen LogP contribution is -2.38. The Morgan fingerprint density at radius 3 is 2.32 bits per heavy atom. The Hall–Kier alpha value is -2.87. The van der Waals surface area contributed by atoms with Crippen LogP contribution in [0.2, 0.25) is 0 Å². The molecule has 8 heteroatoms. The van der Waals surface area contributed by atoms with Gasteiger partial charge in [-0.3, -0.25) is 0 Å². The van der Waals surface area contributed by atoms with E-state index in [2.05, 4.69) is 29.5 Å². The van der Waals surface area contributed by atoms with Gasteiger partial charge >= 0.3 is 11.9 Å². The molecule has 0 fully saturated rings. The third kappa shape index (κ3) is 7.79. The van der Waals surface area contributed by atoms with Crippen LogP contribution < -0.4 is 10.1 Å². The van der Waals surface area contributed by atoms with Gasteiger partial charge < -0.3 is 25.5 Å². The molecular formula is C20H28N2O6. The number of nitrogens with one attached hydrogen (secondary N) is 1. The molecule has 2 atom stereocenters. The number of carbonyl (C=O) groups is 2. The number of methoxy groups -OCH3 is 1. The standard InChI is InChI=1S/C18H26N2O2.C2H2O4/c1-3-5-17-14(6-4-13-19-17)9-12-18(20-21)15-7-10-16(22-2)11-8-15;3-1(4)2(5)6/h4,6-8,10-11,14,17,19,21H,3,5,9,12-13H2,1-2H3;(H,3,4)(H,5,6). The first-order chi connectivity index (χ1) is 13.4. The van der Waals surface area contributed by atoms with E-state index < -0.39 is 11.9 Å². The lowest BCUT2D eigenvalue weighted by atomic mass is 9.87. The van der Waals surface area contributed by atoms with Crippen LogP contribution in [0.3, 0.4) is 0 Å². The summed E-state index contributed by atoms with van der Waals surface area (Å²) < 4.78 is 5.16. The maximum absolute atomic E-state index is 9.33. The van der Waals surface area contributed by atoms with E-state index in [0.29, 0.717) is 12.0 Å². The molecule has 28 heavy (non-hydrogen) atoms. The molecule has 1 aliphatic rings. The molecule has 0 aromatic heterocycles. The van der Waals surface area contributed by atoms with Crippen LogP contribution in [0.15, 0.2) is 41.6 Å². The highest BCUT2D eigenvalue weighted by molar-refractivity contribution is 6.27. The second-order valence-electron chi connectivity index (χ2n) is 6.32. The predicted molar refractivity (Wildman–Crippen MR) is 105 cm³/mol. The molecule has 0 aliphatic carbocycles. The van der Waals surface area contributed by atoms with Gasteiger partial charge in [0.25, 0.3) is 0 Å². The van der Waals surface area contributed by atoms with Crippen molar-refractivity contribution in [1.29, 1.82) is 0 Å². The fraction of sp³-hybridized carbons (Fsp3) is 0.450. The van der Waals surface area contributed by atoms with E-state index in [4.69, 9.17) is 24.5 Å². The molecule has 0 spiro atoms. The van der Waals surface area contributed by atoms with Crippen molar-refractivity contribution < 1.29 is 29.7 Å². The summed E-state index contributed by atoms with van der Waals surface area (Å²) in [6.07, 6.45) is 8.61. The van der Waals surface area contributed by atoms with Gasteiger partial charge in [-0.25, -0.2) is 9.59 Å². The van der Waals surface area contributed by atoms with Gasteiger partial charge in [0.05, 0.1) is 12.8 Å². The molecule has 0 bridgehead atoms. The first kappa shape index (κ1) is 23.2. The lowest BCUT2D eigenvalue weighted by Gasteiger charge is -2.28. The first-order valence-electron chi connectivity index (χ1n) is 9.14. The van der Waals surface area contributed by atoms with Crippen molar-refractivity contribution in [1.82, 2.24) is 5.32 Å². The van der Waals surface area contributed by atoms with E-state index >= 15 is 0 Å². The second kappa shape index (κ2) is 12.5. The minimum atomic E-state index is -1.82. The average molecular weight is 392 g/mol. The number of hydrogen-bond acceptors (Lipinski definition) is 6. The number of carboxylic acids is 2. The lowest BCUT2D eigenvalue weighted by molar-refractivity contribution is -0.159. The molecular weight excluding hydrogens is 364 g/mol. The number of benzene rings is 1. The van der Waals surface area contributed by atoms with Gasteiger partial charge in [0.15, 0.2) is 0 Å². The summed E-state index contributed by atoms with van der Waals surface area (Å²) >= 11 is 0. The molecule has 1 heterocycles. The summed E-state index contributed by atoms with van der Waals surface area (Å²) in [6.45, 7) is 3.18. The summed E-state index contributed by atoms with van der Waals surface area (Å²) in [5.74, 6) is -2.34. The summed E-state index contributed by atoms with van der Waals surface area (Å²) in [4.78, 5) is 18.2. The molecule has 0 amide bonds. The zero-order valence-corrected chi connectivity index (χ0v) is 16.2. The van der Waals surface area contributed by atoms with Crippen molar-refractivity contribution in [3.05, 3.63) is 42.0 Å². The zero-order valence-electron chi connectivity index (χ0n) is 16.2. The number of aliphatic carboxylic acids is 2. The van der Waals surface area contributed by atoms with Crippen LogP contribution in [-0.4, -0.2) is 52.8 Å². The van der Waals surface area contributed by atoms with Crippen LogP contribution in [0.25, 0.3) is 0 Å². The third-order valence-corrected chi connectivity index (χ3v) is 4.44. The molecule has 1 aliphatic heterocycles. The summed E-state index contributed by atoms with van der Waals surface area (Å²) in [7, 11) is 1.65. The van der Waals surface area contributed by atoms with Crippen molar-refractivity contribution in [2.75, 3.05) is 13.7 Å². The number of ether oxygens (including phenoxy) is 1. The average Bonchev–Trinajstić information content (AvgIpc) is 2.70. The minimum absolute atomic E-state index is 0.503. The number of nitrogens with zero attached hydrogens (tertiary/aromatic N) is 1. The largest absolute Gasteiger partial charge is 0.497 e. The monoisotopic (exact) mass is 392 g/mol. The minimum Gasteiger partial charge on any atom is -0.497 e. The molecule has 4 N–H and O–H groups in total. The van der Waals surface area contributed by atoms with Crippen molar-refractivity contribution in [2.24, 2.45) is 11.1 Å². The second-order valence-corrected chi connectivity index (χ2v) is 6.32. The quantitative estimate of drug-likeness (QED) is 0.185. The Balaban J connectivity index is 0.000000568. The van der Waals surface area contributed by atoms with E-state index in [-0.39, 0.29) is 0 Å². The molecule has 1 aromatic carbocycles. The topological polar surface area (TPSA) is 128 Å². The Bertz CT molecular complexity index is 672. The van der Waals surface area contributed by atoms with E-state index in [0.717, 1.165) is 36.4 Å². The van der Waals surface area contributed by atoms with Crippen LogP contribution in [0.1, 0.15) is 38.2 Å². The van der Waals surface area contributed by atoms with E-state index in [1.165, 1.54) is 12.8 Å². The third-order valence-electron chi connectivity index (χ3n) is 4.44. The van der Waals surface area contributed by atoms with Crippen LogP contribution in [0.5, 0.6) is 5.75 Å². The summed E-state index contributed by atoms with van der Waals surface area (Å²) in [5, 5.41) is 31.2. The molecule has 2 unspecified atom stereocenters. The first-order valence-corrected chi connectivity index (χ1v) is 9.14. The van der Waals surface area contributed by atoms with Crippen molar-refractivity contribution >= 4 is 17.7 Å². The Labute approximate surface area is 164 Å². The fourth-order valence-electron chi connectivity index (χ4n) is 3.01. The van der Waals surface area contributed by atoms with Crippen molar-refractivity contribution in [3.63, 3.8) is 0 Å². The van der Waals surface area contributed by atoms with Crippen LogP contribution in [-0.2, 0) is 9.59 Å². The smallest absolute Gasteiger partial charge is 0.414 e. The SMILES string of the molecule is CCCC1NCC=CC1CCC(=NO)c1ccc(OC)cc1.O=C(O)C(=O)O. The molecule has 2 rings (SSSR count). The zero-order chi connectivity index (χ0) is 20.9. The van der Waals surface area contributed by atoms with Gasteiger partial charge in [0.1, 0.15) is 5.75 Å². The van der Waals surface area contributed by atoms with Gasteiger partial charge in [-0.15, -0.1) is 0 Å². The van der Waals surface area contributed by atoms with Gasteiger partial charge in [-0.05, 0) is 55.0 Å². The summed E-state index contributed by atoms with van der Waals surface area (Å²) in [5.41, 5.74) is 1.68. The summed E-state index contributed by atoms with van der Waals surface area (Å²) in [6, 6.07) is 8.19. The van der Waals surface area contributed by atoms with Crippen LogP contribution in [0.4, 0.5) is 0 Å². The number of rotatable bonds is 7. The number of carboxylic acid groups (broad SMARTS) is 2. The van der Waals surface area contributed by atoms with Crippen molar-refractivity contribution in [2.45, 2.75) is 38.6 Å². The molecule has 0 radical (unpaired) electrons. The van der Waals surface area contributed by atoms with Crippen LogP contribution in [0, 0.1) is 5.92 Å². The van der Waals surface area contributed by atoms with Gasteiger partial charge in [-0.1, -0.05) is 30.7 Å². The van der Waals surface area contributed by atoms with Gasteiger partial charge in [0.2, 0.25) is 0 Å². The molecule has 1 aromatic rings. The number of hydrogen-bond donors (Lipinski definition) is 4. The normalized spacial score (nSPS) is 18.7. The predicted octanol–water partition coefficient (Wildman–Crippen LogP) is 2.75. The molecule has 154 valence electrons. The highest BCUT2D eigenvalue weighted by Crippen LogP contribution is 2.22. The highest BCUT2D eigenvalue weighted by atomic mass is 16.5. The van der Waals surface area contributed by atoms with Gasteiger partial charge in [-0.2, -0.15) is 0 Å². The molecule has 8 nitrogen and oxygen atoms in total. The number of oxime groups is 1. The van der Waals surface area contributed by atoms with E-state index in [9.17, 15) is 5.21 Å². The Kier molecular flexibility index (Phi) is 10.3. The highest BCUT2D eigenvalue weighted by Gasteiger charge is 2.21. The Morgan fingerprint density at radius 1 is 1.18 bits per heavy atom. The van der Waals surface area contributed by atoms with Crippen LogP contribution >= 0.6 is 0 Å². The molecule has 0 saturated heterocycles. The molecule has 0 saturated carbocycles. The Morgan fingerprint density at radius 2 is 1.82 bits per heavy atom. The van der Waals surface area contributed by atoms with Crippen molar-refractivity contribution in [3.8, 4) is 5.75 Å². The fourth-order valence-corrected chi connectivity index (χ4v) is 3.01. The maximum Gasteiger partial charge on any atom is 0.414 e.